The fraction of sp³-hybridized carbons (Fsp3) is 0.492. The molecule has 2 N–H and O–H groups in total. The quantitative estimate of drug-likeness (QED) is 0.0195. The van der Waals surface area contributed by atoms with Gasteiger partial charge in [0, 0.05) is 44.8 Å². The molecule has 0 spiro atoms. The van der Waals surface area contributed by atoms with E-state index in [0.29, 0.717) is 131 Å². The highest BCUT2D eigenvalue weighted by Crippen LogP contribution is 2.34. The van der Waals surface area contributed by atoms with Crippen molar-refractivity contribution in [3.05, 3.63) is 123 Å². The van der Waals surface area contributed by atoms with E-state index >= 15 is 0 Å². The SMILES string of the molecule is CCC(C)(C)C(=O)C(=O)N1CCCCC1C(=O)OC(CCc1ccc(OC)c(OC)c1)c1cccc(OCC(=O)NCCCOCCOCCOCCCN(C(=O)CCl)C(C(=O)NCc2ccccc2)c2ccc(Cl)c(Cl)c2)c1. The van der Waals surface area contributed by atoms with Crippen LogP contribution in [0.4, 0.5) is 0 Å². The number of hydrogen-bond donors (Lipinski definition) is 2. The van der Waals surface area contributed by atoms with Crippen molar-refractivity contribution in [2.24, 2.45) is 5.41 Å². The number of aryl methyl sites for hydroxylation is 1. The smallest absolute Gasteiger partial charge is 0.329 e. The number of ketones is 1. The lowest BCUT2D eigenvalue weighted by atomic mass is 9.84. The molecule has 0 bridgehead atoms. The van der Waals surface area contributed by atoms with Crippen LogP contribution >= 0.6 is 34.8 Å². The second-order valence-electron chi connectivity index (χ2n) is 19.5. The Morgan fingerprint density at radius 1 is 0.747 bits per heavy atom. The number of likely N-dealkylation sites (tertiary alicyclic amines) is 1. The van der Waals surface area contributed by atoms with E-state index in [1.807, 2.05) is 61.5 Å². The number of methoxy groups -OCH3 is 2. The van der Waals surface area contributed by atoms with Crippen molar-refractivity contribution in [2.45, 2.75) is 96.9 Å². The number of benzene rings is 4. The van der Waals surface area contributed by atoms with Crippen LogP contribution in [0, 0.1) is 5.41 Å². The molecule has 79 heavy (non-hydrogen) atoms. The van der Waals surface area contributed by atoms with Crippen molar-refractivity contribution < 1.29 is 61.9 Å². The molecule has 5 rings (SSSR count). The normalized spacial score (nSPS) is 14.1. The summed E-state index contributed by atoms with van der Waals surface area (Å²) in [7, 11) is 3.12. The summed E-state index contributed by atoms with van der Waals surface area (Å²) in [5, 5.41) is 6.34. The Morgan fingerprint density at radius 2 is 1.46 bits per heavy atom. The molecule has 17 nitrogen and oxygen atoms in total. The van der Waals surface area contributed by atoms with Gasteiger partial charge >= 0.3 is 5.97 Å². The minimum absolute atomic E-state index is 0.187. The maximum atomic E-state index is 14.1. The lowest BCUT2D eigenvalue weighted by Crippen LogP contribution is -2.53. The lowest BCUT2D eigenvalue weighted by Gasteiger charge is -2.36. The number of hydrogen-bond acceptors (Lipinski definition) is 13. The van der Waals surface area contributed by atoms with E-state index in [1.54, 1.807) is 64.5 Å². The molecule has 1 heterocycles. The summed E-state index contributed by atoms with van der Waals surface area (Å²) in [6.45, 7) is 8.11. The molecule has 1 aliphatic heterocycles. The van der Waals surface area contributed by atoms with Crippen molar-refractivity contribution in [2.75, 3.05) is 86.0 Å². The Morgan fingerprint density at radius 3 is 2.14 bits per heavy atom. The van der Waals surface area contributed by atoms with Crippen LogP contribution in [0.25, 0.3) is 0 Å². The molecule has 0 radical (unpaired) electrons. The van der Waals surface area contributed by atoms with Gasteiger partial charge in [-0.05, 0) is 110 Å². The van der Waals surface area contributed by atoms with Gasteiger partial charge in [0.2, 0.25) is 17.6 Å². The highest BCUT2D eigenvalue weighted by molar-refractivity contribution is 6.42. The van der Waals surface area contributed by atoms with Crippen molar-refractivity contribution >= 4 is 70.2 Å². The highest BCUT2D eigenvalue weighted by atomic mass is 35.5. The summed E-state index contributed by atoms with van der Waals surface area (Å²) in [5.41, 5.74) is 2.07. The molecule has 3 atom stereocenters. The lowest BCUT2D eigenvalue weighted by molar-refractivity contribution is -0.164. The molecule has 20 heteroatoms. The predicted octanol–water partition coefficient (Wildman–Crippen LogP) is 9.06. The number of piperidine rings is 1. The third kappa shape index (κ3) is 20.3. The molecule has 4 amide bonds. The van der Waals surface area contributed by atoms with Crippen LogP contribution in [0.1, 0.15) is 100 Å². The van der Waals surface area contributed by atoms with E-state index in [4.69, 9.17) is 68.0 Å². The number of halogens is 3. The molecule has 4 aromatic rings. The first-order chi connectivity index (χ1) is 38.1. The van der Waals surface area contributed by atoms with Gasteiger partial charge in [-0.15, -0.1) is 11.6 Å². The molecule has 1 fully saturated rings. The van der Waals surface area contributed by atoms with E-state index in [9.17, 15) is 28.8 Å². The minimum Gasteiger partial charge on any atom is -0.493 e. The number of alkyl halides is 1. The molecular formula is C59H75Cl3N4O13. The van der Waals surface area contributed by atoms with Crippen molar-refractivity contribution in [1.29, 1.82) is 0 Å². The van der Waals surface area contributed by atoms with Gasteiger partial charge in [0.1, 0.15) is 29.8 Å². The Hall–Kier alpha value is -5.95. The largest absolute Gasteiger partial charge is 0.493 e. The van der Waals surface area contributed by atoms with Crippen molar-refractivity contribution in [3.63, 3.8) is 0 Å². The topological polar surface area (TPSA) is 198 Å². The average molecular weight is 1150 g/mol. The fourth-order valence-corrected chi connectivity index (χ4v) is 9.10. The summed E-state index contributed by atoms with van der Waals surface area (Å²) < 4.78 is 40.1. The first-order valence-electron chi connectivity index (χ1n) is 26.7. The predicted molar refractivity (Wildman–Crippen MR) is 302 cm³/mol. The molecule has 0 saturated carbocycles. The number of ether oxygens (including phenoxy) is 7. The highest BCUT2D eigenvalue weighted by Gasteiger charge is 2.41. The molecule has 430 valence electrons. The number of Topliss-reactive ketones (excluding diaryl/α,β-unsaturated/α-hetero) is 1. The van der Waals surface area contributed by atoms with Crippen LogP contribution in [-0.2, 0) is 60.7 Å². The zero-order valence-electron chi connectivity index (χ0n) is 45.9. The van der Waals surface area contributed by atoms with Gasteiger partial charge < -0.3 is 53.6 Å². The van der Waals surface area contributed by atoms with Crippen LogP contribution in [0.2, 0.25) is 10.0 Å². The van der Waals surface area contributed by atoms with Crippen molar-refractivity contribution in [1.82, 2.24) is 20.4 Å². The Balaban J connectivity index is 1.02. The summed E-state index contributed by atoms with van der Waals surface area (Å²) in [5.74, 6) is -1.73. The number of rotatable bonds is 34. The molecule has 4 aromatic carbocycles. The number of amides is 4. The van der Waals surface area contributed by atoms with E-state index < -0.39 is 53.1 Å². The van der Waals surface area contributed by atoms with E-state index in [-0.39, 0.29) is 43.1 Å². The van der Waals surface area contributed by atoms with Gasteiger partial charge in [-0.2, -0.15) is 0 Å². The first-order valence-corrected chi connectivity index (χ1v) is 28.0. The Labute approximate surface area is 479 Å². The Bertz CT molecular complexity index is 2610. The number of nitrogens with zero attached hydrogens (tertiary/aromatic N) is 2. The maximum absolute atomic E-state index is 14.1. The van der Waals surface area contributed by atoms with Gasteiger partial charge in [0.25, 0.3) is 11.8 Å². The Kier molecular flexibility index (Phi) is 27.2. The molecule has 1 saturated heterocycles. The van der Waals surface area contributed by atoms with Gasteiger partial charge in [-0.3, -0.25) is 24.0 Å². The average Bonchev–Trinajstić information content (AvgIpc) is 3.47. The molecular weight excluding hydrogens is 1080 g/mol. The monoisotopic (exact) mass is 1150 g/mol. The van der Waals surface area contributed by atoms with Gasteiger partial charge in [-0.25, -0.2) is 4.79 Å². The summed E-state index contributed by atoms with van der Waals surface area (Å²) in [6, 6.07) is 24.9. The fourth-order valence-electron chi connectivity index (χ4n) is 8.64. The minimum atomic E-state index is -1.01. The van der Waals surface area contributed by atoms with Gasteiger partial charge in [-0.1, -0.05) is 98.6 Å². The summed E-state index contributed by atoms with van der Waals surface area (Å²) >= 11 is 18.5. The van der Waals surface area contributed by atoms with Crippen LogP contribution in [0.5, 0.6) is 17.2 Å². The number of esters is 1. The number of carbonyl (C=O) groups excluding carboxylic acids is 6. The molecule has 1 aliphatic rings. The van der Waals surface area contributed by atoms with Gasteiger partial charge in [0.05, 0.1) is 50.7 Å². The van der Waals surface area contributed by atoms with E-state index in [1.165, 1.54) is 9.80 Å². The van der Waals surface area contributed by atoms with E-state index in [2.05, 4.69) is 10.6 Å². The van der Waals surface area contributed by atoms with Crippen LogP contribution in [0.3, 0.4) is 0 Å². The zero-order valence-corrected chi connectivity index (χ0v) is 48.1. The van der Waals surface area contributed by atoms with Crippen LogP contribution < -0.4 is 24.8 Å². The van der Waals surface area contributed by atoms with Gasteiger partial charge in [0.15, 0.2) is 18.1 Å². The molecule has 0 aliphatic carbocycles. The maximum Gasteiger partial charge on any atom is 0.329 e. The number of nitrogens with one attached hydrogen (secondary N) is 2. The second-order valence-corrected chi connectivity index (χ2v) is 20.6. The first kappa shape index (κ1) is 63.9. The summed E-state index contributed by atoms with van der Waals surface area (Å²) in [6.07, 6.45) is 3.29. The number of carbonyl (C=O) groups is 6. The van der Waals surface area contributed by atoms with E-state index in [0.717, 1.165) is 11.1 Å². The second kappa shape index (κ2) is 33.6. The third-order valence-electron chi connectivity index (χ3n) is 13.5. The zero-order chi connectivity index (χ0) is 57.2. The summed E-state index contributed by atoms with van der Waals surface area (Å²) in [4.78, 5) is 83.3. The molecule has 3 unspecified atom stereocenters. The molecule has 0 aromatic heterocycles. The van der Waals surface area contributed by atoms with Crippen LogP contribution in [0.15, 0.2) is 91.0 Å². The van der Waals surface area contributed by atoms with Crippen LogP contribution in [-0.4, -0.2) is 137 Å². The van der Waals surface area contributed by atoms with Crippen molar-refractivity contribution in [3.8, 4) is 17.2 Å². The standard InChI is InChI=1S/C59H75Cl3N4O13/c1-6-59(2,3)55(69)57(71)65-27-11-10-19-48(65)58(72)79-49(24-20-41-21-25-50(73-4)51(35-41)74-5)43-17-12-18-45(36-43)78-40-52(67)63-26-13-29-75-31-33-77-34-32-76-30-14-28-66(53(68)38-60)54(44-22-23-46(61)47(62)37-44)56(70)64-39-42-15-8-7-9-16-42/h7-9,12,15-18,21-23,25,35-37,48-49,54H,6,10-11,13-14,19-20,24,26-34,38-40H2,1-5H3,(H,63,67)(H,64,70). The third-order valence-corrected chi connectivity index (χ3v) is 14.5.